The Morgan fingerprint density at radius 3 is 2.55 bits per heavy atom. The lowest BCUT2D eigenvalue weighted by molar-refractivity contribution is 0.0705. The monoisotopic (exact) mass is 343 g/mol. The van der Waals surface area contributed by atoms with Crippen LogP contribution in [0.3, 0.4) is 0 Å². The van der Waals surface area contributed by atoms with E-state index in [-0.39, 0.29) is 11.9 Å². The van der Waals surface area contributed by atoms with Crippen molar-refractivity contribution in [2.75, 3.05) is 13.3 Å². The van der Waals surface area contributed by atoms with Crippen LogP contribution in [0.1, 0.15) is 52.7 Å². The molecular formula is C16H25NO3S2. The first-order chi connectivity index (χ1) is 10.3. The van der Waals surface area contributed by atoms with Gasteiger partial charge in [0.05, 0.1) is 10.1 Å². The summed E-state index contributed by atoms with van der Waals surface area (Å²) in [7, 11) is -1.39. The molecule has 1 aromatic rings. The molecule has 1 fully saturated rings. The lowest BCUT2D eigenvalue weighted by Crippen LogP contribution is -2.49. The van der Waals surface area contributed by atoms with Crippen molar-refractivity contribution in [3.63, 3.8) is 0 Å². The van der Waals surface area contributed by atoms with Gasteiger partial charge in [0.1, 0.15) is 0 Å². The fourth-order valence-corrected chi connectivity index (χ4v) is 5.90. The number of aryl methyl sites for hydroxylation is 2. The fraction of sp³-hybridized carbons (Fsp3) is 0.688. The number of nitrogens with zero attached hydrogens (tertiary/aromatic N) is 1. The average Bonchev–Trinajstić information content (AvgIpc) is 2.86. The van der Waals surface area contributed by atoms with E-state index in [9.17, 15) is 13.2 Å². The first-order valence-electron chi connectivity index (χ1n) is 7.81. The second-order valence-electron chi connectivity index (χ2n) is 6.21. The number of amides is 1. The van der Waals surface area contributed by atoms with Gasteiger partial charge in [-0.3, -0.25) is 4.79 Å². The first kappa shape index (κ1) is 17.5. The fourth-order valence-electron chi connectivity index (χ4n) is 3.32. The van der Waals surface area contributed by atoms with Gasteiger partial charge in [0.25, 0.3) is 5.91 Å². The van der Waals surface area contributed by atoms with Crippen molar-refractivity contribution >= 4 is 27.1 Å². The molecule has 0 saturated heterocycles. The highest BCUT2D eigenvalue weighted by atomic mass is 32.2. The number of hydrogen-bond donors (Lipinski definition) is 0. The number of sulfone groups is 1. The second-order valence-corrected chi connectivity index (χ2v) is 9.61. The smallest absolute Gasteiger partial charge is 0.263 e. The topological polar surface area (TPSA) is 54.5 Å². The number of carbonyl (C=O) groups is 1. The van der Waals surface area contributed by atoms with E-state index in [1.165, 1.54) is 22.5 Å². The molecule has 1 aromatic heterocycles. The van der Waals surface area contributed by atoms with Crippen LogP contribution in [0.25, 0.3) is 0 Å². The van der Waals surface area contributed by atoms with E-state index in [0.717, 1.165) is 36.1 Å². The molecule has 0 aliphatic heterocycles. The van der Waals surface area contributed by atoms with E-state index in [1.54, 1.807) is 11.9 Å². The van der Waals surface area contributed by atoms with Crippen LogP contribution in [-0.4, -0.2) is 43.8 Å². The van der Waals surface area contributed by atoms with Crippen LogP contribution in [0.15, 0.2) is 6.07 Å². The molecule has 0 radical (unpaired) electrons. The number of hydrogen-bond acceptors (Lipinski definition) is 4. The first-order valence-corrected chi connectivity index (χ1v) is 10.6. The van der Waals surface area contributed by atoms with E-state index in [0.29, 0.717) is 6.42 Å². The molecule has 0 bridgehead atoms. The Labute approximate surface area is 137 Å². The Morgan fingerprint density at radius 1 is 1.36 bits per heavy atom. The Hall–Kier alpha value is -0.880. The highest BCUT2D eigenvalue weighted by molar-refractivity contribution is 7.91. The predicted molar refractivity (Wildman–Crippen MR) is 91.4 cm³/mol. The Bertz CT molecular complexity index is 648. The van der Waals surface area contributed by atoms with Crippen LogP contribution < -0.4 is 0 Å². The van der Waals surface area contributed by atoms with E-state index < -0.39 is 15.1 Å². The van der Waals surface area contributed by atoms with Crippen LogP contribution >= 0.6 is 11.3 Å². The maximum absolute atomic E-state index is 12.7. The van der Waals surface area contributed by atoms with Gasteiger partial charge in [-0.25, -0.2) is 8.42 Å². The summed E-state index contributed by atoms with van der Waals surface area (Å²) in [6.45, 7) is 4.10. The molecule has 4 nitrogen and oxygen atoms in total. The minimum absolute atomic E-state index is 0.0478. The van der Waals surface area contributed by atoms with Crippen molar-refractivity contribution in [1.29, 1.82) is 0 Å². The highest BCUT2D eigenvalue weighted by Gasteiger charge is 2.37. The largest absolute Gasteiger partial charge is 0.337 e. The van der Waals surface area contributed by atoms with Crippen LogP contribution in [0.5, 0.6) is 0 Å². The zero-order chi connectivity index (χ0) is 16.5. The quantitative estimate of drug-likeness (QED) is 0.844. The minimum atomic E-state index is -3.13. The van der Waals surface area contributed by atoms with Crippen molar-refractivity contribution < 1.29 is 13.2 Å². The lowest BCUT2D eigenvalue weighted by atomic mass is 9.93. The van der Waals surface area contributed by atoms with E-state index in [2.05, 4.69) is 6.92 Å². The molecule has 0 N–H and O–H groups in total. The summed E-state index contributed by atoms with van der Waals surface area (Å²) in [5, 5.41) is -0.429. The molecule has 2 atom stereocenters. The molecule has 1 aliphatic carbocycles. The SMILES string of the molecule is CCc1sc(C(=O)N(C)[C@@H]2CCCC[C@H]2S(C)(=O)=O)cc1C. The average molecular weight is 344 g/mol. The Morgan fingerprint density at radius 2 is 2.00 bits per heavy atom. The lowest BCUT2D eigenvalue weighted by Gasteiger charge is -2.36. The summed E-state index contributed by atoms with van der Waals surface area (Å²) in [6, 6.07) is 1.73. The van der Waals surface area contributed by atoms with Crippen molar-refractivity contribution in [1.82, 2.24) is 4.90 Å². The molecule has 1 heterocycles. The molecule has 1 saturated carbocycles. The van der Waals surface area contributed by atoms with Crippen molar-refractivity contribution in [3.8, 4) is 0 Å². The van der Waals surface area contributed by atoms with Crippen LogP contribution in [-0.2, 0) is 16.3 Å². The molecule has 22 heavy (non-hydrogen) atoms. The summed E-state index contributed by atoms with van der Waals surface area (Å²) >= 11 is 1.53. The molecule has 1 amide bonds. The Kier molecular flexibility index (Phi) is 5.33. The normalized spacial score (nSPS) is 22.5. The van der Waals surface area contributed by atoms with Crippen LogP contribution in [0.2, 0.25) is 0 Å². The summed E-state index contributed by atoms with van der Waals surface area (Å²) in [4.78, 5) is 16.3. The Balaban J connectivity index is 2.24. The second kappa shape index (κ2) is 6.71. The highest BCUT2D eigenvalue weighted by Crippen LogP contribution is 2.30. The van der Waals surface area contributed by atoms with E-state index >= 15 is 0 Å². The predicted octanol–water partition coefficient (Wildman–Crippen LogP) is 3.05. The van der Waals surface area contributed by atoms with Gasteiger partial charge in [0.2, 0.25) is 0 Å². The summed E-state index contributed by atoms with van der Waals surface area (Å²) in [6.07, 6.45) is 5.55. The number of thiophene rings is 1. The third-order valence-electron chi connectivity index (χ3n) is 4.59. The van der Waals surface area contributed by atoms with Gasteiger partial charge in [-0.2, -0.15) is 0 Å². The van der Waals surface area contributed by atoms with Gasteiger partial charge < -0.3 is 4.90 Å². The molecule has 0 spiro atoms. The summed E-state index contributed by atoms with van der Waals surface area (Å²) < 4.78 is 24.1. The number of rotatable bonds is 4. The number of carbonyl (C=O) groups excluding carboxylic acids is 1. The summed E-state index contributed by atoms with van der Waals surface area (Å²) in [5.74, 6) is -0.0478. The molecule has 0 aromatic carbocycles. The van der Waals surface area contributed by atoms with Gasteiger partial charge in [-0.15, -0.1) is 11.3 Å². The zero-order valence-corrected chi connectivity index (χ0v) is 15.4. The summed E-state index contributed by atoms with van der Waals surface area (Å²) in [5.41, 5.74) is 1.15. The van der Waals surface area contributed by atoms with E-state index in [1.807, 2.05) is 13.0 Å². The molecule has 2 rings (SSSR count). The van der Waals surface area contributed by atoms with Gasteiger partial charge >= 0.3 is 0 Å². The molecular weight excluding hydrogens is 318 g/mol. The van der Waals surface area contributed by atoms with Crippen molar-refractivity contribution in [3.05, 3.63) is 21.4 Å². The molecule has 1 aliphatic rings. The van der Waals surface area contributed by atoms with Gasteiger partial charge in [0, 0.05) is 24.2 Å². The van der Waals surface area contributed by atoms with Gasteiger partial charge in [-0.05, 0) is 37.8 Å². The molecule has 0 unspecified atom stereocenters. The van der Waals surface area contributed by atoms with Gasteiger partial charge in [0.15, 0.2) is 9.84 Å². The van der Waals surface area contributed by atoms with Gasteiger partial charge in [-0.1, -0.05) is 19.8 Å². The van der Waals surface area contributed by atoms with Crippen LogP contribution in [0.4, 0.5) is 0 Å². The molecule has 124 valence electrons. The van der Waals surface area contributed by atoms with Crippen molar-refractivity contribution in [2.45, 2.75) is 57.2 Å². The van der Waals surface area contributed by atoms with E-state index in [4.69, 9.17) is 0 Å². The minimum Gasteiger partial charge on any atom is -0.337 e. The molecule has 6 heteroatoms. The maximum Gasteiger partial charge on any atom is 0.263 e. The third-order valence-corrected chi connectivity index (χ3v) is 7.61. The maximum atomic E-state index is 12.7. The van der Waals surface area contributed by atoms with Crippen molar-refractivity contribution in [2.24, 2.45) is 0 Å². The van der Waals surface area contributed by atoms with Crippen LogP contribution in [0, 0.1) is 6.92 Å². The standard InChI is InChI=1S/C16H25NO3S2/c1-5-13-11(2)10-14(21-13)16(18)17(3)12-8-6-7-9-15(12)22(4,19)20/h10,12,15H,5-9H2,1-4H3/t12-,15-/m1/s1. The zero-order valence-electron chi connectivity index (χ0n) is 13.8. The third kappa shape index (κ3) is 3.54.